The Balaban J connectivity index is 1.25. The first-order valence-electron chi connectivity index (χ1n) is 11.3. The van der Waals surface area contributed by atoms with E-state index < -0.39 is 0 Å². The number of H-pyrrole nitrogens is 2. The highest BCUT2D eigenvalue weighted by Gasteiger charge is 2.10. The van der Waals surface area contributed by atoms with Gasteiger partial charge in [0.05, 0.1) is 0 Å². The van der Waals surface area contributed by atoms with Crippen molar-refractivity contribution in [3.05, 3.63) is 71.0 Å². The molecule has 0 saturated carbocycles. The third-order valence-corrected chi connectivity index (χ3v) is 6.07. The van der Waals surface area contributed by atoms with E-state index >= 15 is 0 Å². The fourth-order valence-corrected chi connectivity index (χ4v) is 4.40. The molecular weight excluding hydrogens is 396 g/mol. The maximum Gasteiger partial charge on any atom is 0.128 e. The van der Waals surface area contributed by atoms with Gasteiger partial charge >= 0.3 is 0 Å². The number of hydrogen-bond donors (Lipinski definition) is 4. The first kappa shape index (κ1) is 18.9. The smallest absolute Gasteiger partial charge is 0.128 e. The van der Waals surface area contributed by atoms with Crippen LogP contribution < -0.4 is 10.6 Å². The van der Waals surface area contributed by atoms with E-state index in [1.54, 1.807) is 0 Å². The van der Waals surface area contributed by atoms with Crippen molar-refractivity contribution >= 4 is 45.6 Å². The minimum atomic E-state index is 0.899. The summed E-state index contributed by atoms with van der Waals surface area (Å²) in [5, 5.41) is 9.20. The molecule has 2 aliphatic rings. The minimum Gasteiger partial charge on any atom is -0.370 e. The van der Waals surface area contributed by atoms with Crippen LogP contribution in [-0.4, -0.2) is 47.8 Å². The average Bonchev–Trinajstić information content (AvgIpc) is 3.46. The van der Waals surface area contributed by atoms with Gasteiger partial charge in [0, 0.05) is 70.5 Å². The number of hydrogen-bond acceptors (Lipinski definition) is 4. The van der Waals surface area contributed by atoms with Crippen LogP contribution in [-0.2, 0) is 0 Å². The van der Waals surface area contributed by atoms with Crippen molar-refractivity contribution in [2.45, 2.75) is 12.8 Å². The Morgan fingerprint density at radius 3 is 1.56 bits per heavy atom. The molecule has 160 valence electrons. The van der Waals surface area contributed by atoms with Crippen LogP contribution in [0.4, 0.5) is 0 Å². The summed E-state index contributed by atoms with van der Waals surface area (Å²) in [4.78, 5) is 16.3. The van der Waals surface area contributed by atoms with E-state index in [9.17, 15) is 0 Å². The number of benzene rings is 2. The summed E-state index contributed by atoms with van der Waals surface area (Å²) < 4.78 is 0. The summed E-state index contributed by atoms with van der Waals surface area (Å²) >= 11 is 0. The molecule has 4 aromatic rings. The van der Waals surface area contributed by atoms with Gasteiger partial charge in [0.15, 0.2) is 0 Å². The third kappa shape index (κ3) is 3.68. The number of aromatic amines is 2. The number of nitrogens with zero attached hydrogens (tertiary/aromatic N) is 2. The van der Waals surface area contributed by atoms with Crippen molar-refractivity contribution in [1.82, 2.24) is 20.6 Å². The van der Waals surface area contributed by atoms with Crippen LogP contribution in [0.5, 0.6) is 0 Å². The van der Waals surface area contributed by atoms with Gasteiger partial charge in [0.2, 0.25) is 0 Å². The summed E-state index contributed by atoms with van der Waals surface area (Å²) in [5.74, 6) is 1.99. The monoisotopic (exact) mass is 422 g/mol. The Hall–Kier alpha value is -3.80. The number of nitrogens with one attached hydrogen (secondary N) is 4. The average molecular weight is 423 g/mol. The molecule has 0 fully saturated rings. The predicted octanol–water partition coefficient (Wildman–Crippen LogP) is 4.30. The zero-order chi connectivity index (χ0) is 21.3. The van der Waals surface area contributed by atoms with Gasteiger partial charge in [-0.1, -0.05) is 24.3 Å². The maximum atomic E-state index is 4.61. The molecule has 0 saturated heterocycles. The zero-order valence-corrected chi connectivity index (χ0v) is 17.9. The molecule has 6 heteroatoms. The molecule has 0 aliphatic carbocycles. The largest absolute Gasteiger partial charge is 0.370 e. The van der Waals surface area contributed by atoms with E-state index in [1.807, 2.05) is 0 Å². The van der Waals surface area contributed by atoms with Crippen LogP contribution in [0, 0.1) is 0 Å². The van der Waals surface area contributed by atoms with E-state index in [1.165, 1.54) is 10.8 Å². The molecule has 0 radical (unpaired) electrons. The summed E-state index contributed by atoms with van der Waals surface area (Å²) in [6.45, 7) is 3.78. The molecule has 6 nitrogen and oxygen atoms in total. The second-order valence-electron chi connectivity index (χ2n) is 8.41. The summed E-state index contributed by atoms with van der Waals surface area (Å²) in [7, 11) is 0. The Morgan fingerprint density at radius 2 is 1.12 bits per heavy atom. The number of fused-ring (bicyclic) bond motifs is 2. The Kier molecular flexibility index (Phi) is 4.75. The highest BCUT2D eigenvalue weighted by atomic mass is 15.0. The van der Waals surface area contributed by atoms with Crippen LogP contribution >= 0.6 is 0 Å². The molecule has 2 aromatic carbocycles. The normalized spacial score (nSPS) is 16.8. The molecule has 0 unspecified atom stereocenters. The quantitative estimate of drug-likeness (QED) is 0.396. The summed E-state index contributed by atoms with van der Waals surface area (Å²) in [6.07, 6.45) is 6.44. The van der Waals surface area contributed by atoms with Crippen molar-refractivity contribution in [3.63, 3.8) is 0 Å². The summed E-state index contributed by atoms with van der Waals surface area (Å²) in [6, 6.07) is 17.3. The SMILES string of the molecule is C(=C\c1cc2ccc(C3=NCCCN3)cc2[nH]1)/c1cc2ccc(C3=NCCCN3)cc2[nH]1. The van der Waals surface area contributed by atoms with Gasteiger partial charge in [-0.25, -0.2) is 0 Å². The zero-order valence-electron chi connectivity index (χ0n) is 17.9. The van der Waals surface area contributed by atoms with Crippen LogP contribution in [0.3, 0.4) is 0 Å². The van der Waals surface area contributed by atoms with Crippen molar-refractivity contribution < 1.29 is 0 Å². The number of aliphatic imine (C=N–C) groups is 2. The number of aromatic nitrogens is 2. The molecule has 0 atom stereocenters. The van der Waals surface area contributed by atoms with Crippen LogP contribution in [0.2, 0.25) is 0 Å². The fourth-order valence-electron chi connectivity index (χ4n) is 4.40. The molecule has 6 rings (SSSR count). The third-order valence-electron chi connectivity index (χ3n) is 6.07. The van der Waals surface area contributed by atoms with Crippen LogP contribution in [0.1, 0.15) is 35.4 Å². The minimum absolute atomic E-state index is 0.899. The van der Waals surface area contributed by atoms with E-state index in [0.29, 0.717) is 0 Å². The first-order valence-corrected chi connectivity index (χ1v) is 11.3. The molecule has 0 spiro atoms. The van der Waals surface area contributed by atoms with Gasteiger partial charge in [-0.15, -0.1) is 0 Å². The Labute approximate surface area is 186 Å². The molecule has 2 aromatic heterocycles. The number of rotatable bonds is 4. The molecule has 0 bridgehead atoms. The van der Waals surface area contributed by atoms with Gasteiger partial charge in [0.25, 0.3) is 0 Å². The van der Waals surface area contributed by atoms with E-state index in [-0.39, 0.29) is 0 Å². The second-order valence-corrected chi connectivity index (χ2v) is 8.41. The first-order chi connectivity index (χ1) is 15.8. The Morgan fingerprint density at radius 1 is 0.625 bits per heavy atom. The molecule has 4 heterocycles. The van der Waals surface area contributed by atoms with Gasteiger partial charge < -0.3 is 20.6 Å². The van der Waals surface area contributed by atoms with E-state index in [4.69, 9.17) is 0 Å². The maximum absolute atomic E-state index is 4.61. The van der Waals surface area contributed by atoms with Gasteiger partial charge in [-0.2, -0.15) is 0 Å². The highest BCUT2D eigenvalue weighted by Crippen LogP contribution is 2.22. The van der Waals surface area contributed by atoms with E-state index in [0.717, 1.165) is 84.2 Å². The molecule has 2 aliphatic heterocycles. The lowest BCUT2D eigenvalue weighted by molar-refractivity contribution is 0.742. The van der Waals surface area contributed by atoms with Crippen molar-refractivity contribution in [3.8, 4) is 0 Å². The summed E-state index contributed by atoms with van der Waals surface area (Å²) in [5.41, 5.74) is 6.68. The van der Waals surface area contributed by atoms with Gasteiger partial charge in [-0.3, -0.25) is 9.98 Å². The lowest BCUT2D eigenvalue weighted by atomic mass is 10.1. The van der Waals surface area contributed by atoms with E-state index in [2.05, 4.69) is 91.3 Å². The second kappa shape index (κ2) is 8.04. The van der Waals surface area contributed by atoms with Gasteiger partial charge in [0.1, 0.15) is 11.7 Å². The Bertz CT molecular complexity index is 1280. The van der Waals surface area contributed by atoms with Gasteiger partial charge in [-0.05, 0) is 49.3 Å². The molecule has 32 heavy (non-hydrogen) atoms. The lowest BCUT2D eigenvalue weighted by Gasteiger charge is -2.14. The molecule has 0 amide bonds. The predicted molar refractivity (Wildman–Crippen MR) is 134 cm³/mol. The lowest BCUT2D eigenvalue weighted by Crippen LogP contribution is -2.30. The van der Waals surface area contributed by atoms with Crippen LogP contribution in [0.15, 0.2) is 58.5 Å². The fraction of sp³-hybridized carbons (Fsp3) is 0.231. The topological polar surface area (TPSA) is 80.4 Å². The van der Waals surface area contributed by atoms with Crippen molar-refractivity contribution in [2.24, 2.45) is 9.98 Å². The van der Waals surface area contributed by atoms with Crippen molar-refractivity contribution in [1.29, 1.82) is 0 Å². The number of amidine groups is 2. The van der Waals surface area contributed by atoms with Crippen LogP contribution in [0.25, 0.3) is 34.0 Å². The molecule has 4 N–H and O–H groups in total. The van der Waals surface area contributed by atoms with Crippen molar-refractivity contribution in [2.75, 3.05) is 26.2 Å². The molecular formula is C26H26N6. The highest BCUT2D eigenvalue weighted by molar-refractivity contribution is 6.03. The standard InChI is InChI=1S/C26H26N6/c1-9-27-25(28-10-1)19-5-3-17-13-21(31-23(17)15-19)7-8-22-14-18-4-6-20(16-24(18)32-22)26-29-11-2-12-30-26/h3-8,13-16,31-32H,1-2,9-12H2,(H,27,28)(H,29,30)/b8-7+.